The molecule has 116 valence electrons. The van der Waals surface area contributed by atoms with Gasteiger partial charge in [0.05, 0.1) is 0 Å². The van der Waals surface area contributed by atoms with Crippen LogP contribution < -0.4 is 10.2 Å². The van der Waals surface area contributed by atoms with Crippen LogP contribution in [-0.2, 0) is 13.6 Å². The van der Waals surface area contributed by atoms with Gasteiger partial charge in [-0.2, -0.15) is 0 Å². The Morgan fingerprint density at radius 3 is 2.77 bits per heavy atom. The van der Waals surface area contributed by atoms with Crippen molar-refractivity contribution in [1.29, 1.82) is 0 Å². The van der Waals surface area contributed by atoms with E-state index in [1.807, 2.05) is 48.3 Å². The maximum atomic E-state index is 12.2. The third kappa shape index (κ3) is 3.13. The lowest BCUT2D eigenvalue weighted by atomic mass is 10.1. The number of hydrogen-bond acceptors (Lipinski definition) is 3. The van der Waals surface area contributed by atoms with Crippen LogP contribution in [0.5, 0.6) is 0 Å². The lowest BCUT2D eigenvalue weighted by molar-refractivity contribution is 0.0943. The molecule has 1 N–H and O–H groups in total. The molecule has 1 saturated heterocycles. The van der Waals surface area contributed by atoms with E-state index >= 15 is 0 Å². The number of piperidine rings is 1. The van der Waals surface area contributed by atoms with Crippen molar-refractivity contribution in [3.63, 3.8) is 0 Å². The zero-order chi connectivity index (χ0) is 15.4. The van der Waals surface area contributed by atoms with Crippen molar-refractivity contribution in [2.24, 2.45) is 7.05 Å². The van der Waals surface area contributed by atoms with Crippen LogP contribution in [0.1, 0.15) is 35.3 Å². The van der Waals surface area contributed by atoms with Gasteiger partial charge in [-0.05, 0) is 37.5 Å². The van der Waals surface area contributed by atoms with E-state index in [-0.39, 0.29) is 5.91 Å². The quantitative estimate of drug-likeness (QED) is 0.942. The molecular weight excluding hydrogens is 276 g/mol. The number of anilines is 1. The van der Waals surface area contributed by atoms with Gasteiger partial charge in [-0.1, -0.05) is 6.07 Å². The molecule has 22 heavy (non-hydrogen) atoms. The summed E-state index contributed by atoms with van der Waals surface area (Å²) in [6, 6.07) is 7.67. The Labute approximate surface area is 131 Å². The molecule has 3 heterocycles. The molecule has 0 saturated carbocycles. The third-order valence-corrected chi connectivity index (χ3v) is 4.14. The second-order valence-corrected chi connectivity index (χ2v) is 5.72. The van der Waals surface area contributed by atoms with Gasteiger partial charge in [0.1, 0.15) is 11.5 Å². The van der Waals surface area contributed by atoms with Crippen LogP contribution in [-0.4, -0.2) is 28.5 Å². The van der Waals surface area contributed by atoms with Crippen LogP contribution in [0, 0.1) is 0 Å². The third-order valence-electron chi connectivity index (χ3n) is 4.14. The molecule has 0 aliphatic carbocycles. The fourth-order valence-electron chi connectivity index (χ4n) is 2.92. The van der Waals surface area contributed by atoms with Crippen LogP contribution in [0.15, 0.2) is 36.7 Å². The van der Waals surface area contributed by atoms with Gasteiger partial charge in [0.25, 0.3) is 5.91 Å². The fourth-order valence-corrected chi connectivity index (χ4v) is 2.92. The minimum atomic E-state index is -0.0547. The first-order chi connectivity index (χ1) is 10.8. The molecule has 0 spiro atoms. The molecule has 0 radical (unpaired) electrons. The van der Waals surface area contributed by atoms with E-state index in [1.54, 1.807) is 0 Å². The lowest BCUT2D eigenvalue weighted by Gasteiger charge is -2.29. The van der Waals surface area contributed by atoms with Gasteiger partial charge in [0, 0.05) is 44.6 Å². The summed E-state index contributed by atoms with van der Waals surface area (Å²) in [5.74, 6) is 0.954. The first-order valence-corrected chi connectivity index (χ1v) is 7.84. The predicted octanol–water partition coefficient (Wildman–Crippen LogP) is 2.34. The van der Waals surface area contributed by atoms with Gasteiger partial charge in [-0.3, -0.25) is 4.79 Å². The molecular formula is C17H22N4O. The maximum Gasteiger partial charge on any atom is 0.268 e. The summed E-state index contributed by atoms with van der Waals surface area (Å²) in [6.07, 6.45) is 7.42. The number of hydrogen-bond donors (Lipinski definition) is 1. The first-order valence-electron chi connectivity index (χ1n) is 7.84. The van der Waals surface area contributed by atoms with Crippen LogP contribution >= 0.6 is 0 Å². The second kappa shape index (κ2) is 6.64. The topological polar surface area (TPSA) is 50.2 Å². The van der Waals surface area contributed by atoms with Crippen molar-refractivity contribution in [3.05, 3.63) is 47.9 Å². The number of nitrogens with one attached hydrogen (secondary N) is 1. The Hall–Kier alpha value is -2.30. The van der Waals surface area contributed by atoms with Crippen LogP contribution in [0.4, 0.5) is 5.82 Å². The van der Waals surface area contributed by atoms with Crippen molar-refractivity contribution >= 4 is 11.7 Å². The highest BCUT2D eigenvalue weighted by Gasteiger charge is 2.16. The number of carbonyl (C=O) groups excluding carboxylic acids is 1. The van der Waals surface area contributed by atoms with Crippen molar-refractivity contribution in [3.8, 4) is 0 Å². The Kier molecular flexibility index (Phi) is 4.42. The fraction of sp³-hybridized carbons (Fsp3) is 0.412. The smallest absolute Gasteiger partial charge is 0.268 e. The van der Waals surface area contributed by atoms with Crippen molar-refractivity contribution in [1.82, 2.24) is 14.9 Å². The molecule has 0 aromatic carbocycles. The maximum absolute atomic E-state index is 12.2. The molecule has 5 heteroatoms. The Balaban J connectivity index is 1.70. The standard InChI is InChI=1S/C17H22N4O/c1-20-10-6-8-15(20)17(22)19-13-14-7-5-9-18-16(14)21-11-3-2-4-12-21/h5-10H,2-4,11-13H2,1H3,(H,19,22). The summed E-state index contributed by atoms with van der Waals surface area (Å²) in [5.41, 5.74) is 1.75. The number of rotatable bonds is 4. The van der Waals surface area contributed by atoms with Crippen LogP contribution in [0.25, 0.3) is 0 Å². The molecule has 2 aromatic rings. The second-order valence-electron chi connectivity index (χ2n) is 5.72. The van der Waals surface area contributed by atoms with E-state index in [9.17, 15) is 4.79 Å². The molecule has 3 rings (SSSR count). The highest BCUT2D eigenvalue weighted by Crippen LogP contribution is 2.21. The summed E-state index contributed by atoms with van der Waals surface area (Å²) in [4.78, 5) is 19.1. The van der Waals surface area contributed by atoms with Gasteiger partial charge in [-0.15, -0.1) is 0 Å². The van der Waals surface area contributed by atoms with E-state index in [2.05, 4.69) is 15.2 Å². The van der Waals surface area contributed by atoms with E-state index in [1.165, 1.54) is 19.3 Å². The largest absolute Gasteiger partial charge is 0.356 e. The summed E-state index contributed by atoms with van der Waals surface area (Å²) < 4.78 is 1.82. The molecule has 0 bridgehead atoms. The number of nitrogens with zero attached hydrogens (tertiary/aromatic N) is 3. The molecule has 1 aliphatic heterocycles. The minimum absolute atomic E-state index is 0.0547. The van der Waals surface area contributed by atoms with E-state index < -0.39 is 0 Å². The minimum Gasteiger partial charge on any atom is -0.356 e. The SMILES string of the molecule is Cn1cccc1C(=O)NCc1cccnc1N1CCCCC1. The molecule has 2 aromatic heterocycles. The molecule has 1 fully saturated rings. The lowest BCUT2D eigenvalue weighted by Crippen LogP contribution is -2.32. The normalized spacial score (nSPS) is 14.9. The first kappa shape index (κ1) is 14.6. The molecule has 5 nitrogen and oxygen atoms in total. The zero-order valence-corrected chi connectivity index (χ0v) is 13.0. The number of aryl methyl sites for hydroxylation is 1. The zero-order valence-electron chi connectivity index (χ0n) is 13.0. The monoisotopic (exact) mass is 298 g/mol. The predicted molar refractivity (Wildman–Crippen MR) is 86.9 cm³/mol. The number of pyridine rings is 1. The van der Waals surface area contributed by atoms with Crippen LogP contribution in [0.3, 0.4) is 0 Å². The Morgan fingerprint density at radius 2 is 2.05 bits per heavy atom. The van der Waals surface area contributed by atoms with Gasteiger partial charge < -0.3 is 14.8 Å². The van der Waals surface area contributed by atoms with Crippen molar-refractivity contribution < 1.29 is 4.79 Å². The highest BCUT2D eigenvalue weighted by atomic mass is 16.1. The summed E-state index contributed by atoms with van der Waals surface area (Å²) >= 11 is 0. The molecule has 0 unspecified atom stereocenters. The highest BCUT2D eigenvalue weighted by molar-refractivity contribution is 5.92. The van der Waals surface area contributed by atoms with E-state index in [4.69, 9.17) is 0 Å². The van der Waals surface area contributed by atoms with Gasteiger partial charge in [0.15, 0.2) is 0 Å². The van der Waals surface area contributed by atoms with Gasteiger partial charge in [0.2, 0.25) is 0 Å². The van der Waals surface area contributed by atoms with Crippen molar-refractivity contribution in [2.75, 3.05) is 18.0 Å². The molecule has 1 amide bonds. The van der Waals surface area contributed by atoms with E-state index in [0.29, 0.717) is 12.2 Å². The summed E-state index contributed by atoms with van der Waals surface area (Å²) in [7, 11) is 1.87. The molecule has 0 atom stereocenters. The average molecular weight is 298 g/mol. The van der Waals surface area contributed by atoms with Crippen LogP contribution in [0.2, 0.25) is 0 Å². The van der Waals surface area contributed by atoms with Gasteiger partial charge >= 0.3 is 0 Å². The van der Waals surface area contributed by atoms with Crippen molar-refractivity contribution in [2.45, 2.75) is 25.8 Å². The molecule has 1 aliphatic rings. The summed E-state index contributed by atoms with van der Waals surface area (Å²) in [5, 5.41) is 3.00. The Bertz CT molecular complexity index is 644. The Morgan fingerprint density at radius 1 is 1.23 bits per heavy atom. The number of amides is 1. The number of carbonyl (C=O) groups is 1. The summed E-state index contributed by atoms with van der Waals surface area (Å²) in [6.45, 7) is 2.61. The van der Waals surface area contributed by atoms with Gasteiger partial charge in [-0.25, -0.2) is 4.98 Å². The average Bonchev–Trinajstić information content (AvgIpc) is 3.00. The van der Waals surface area contributed by atoms with E-state index in [0.717, 1.165) is 24.5 Å². The number of aromatic nitrogens is 2.